The smallest absolute Gasteiger partial charge is 0.254 e. The first kappa shape index (κ1) is 10.5. The van der Waals surface area contributed by atoms with Crippen molar-refractivity contribution in [2.24, 2.45) is 5.73 Å². The number of carbonyl (C=O) groups is 2. The summed E-state index contributed by atoms with van der Waals surface area (Å²) in [6.45, 7) is 0.334. The van der Waals surface area contributed by atoms with Crippen LogP contribution in [0, 0.1) is 0 Å². The summed E-state index contributed by atoms with van der Waals surface area (Å²) in [5.74, 6) is -0.655. The Bertz CT molecular complexity index is 457. The molecular weight excluding hydrogens is 208 g/mol. The van der Waals surface area contributed by atoms with Crippen molar-refractivity contribution in [1.82, 2.24) is 4.90 Å². The minimum Gasteiger partial charge on any atom is -0.508 e. The molecule has 3 N–H and O–H groups in total. The Balaban J connectivity index is 2.32. The summed E-state index contributed by atoms with van der Waals surface area (Å²) in [6, 6.07) is 4.81. The van der Waals surface area contributed by atoms with Crippen LogP contribution in [0.25, 0.3) is 0 Å². The van der Waals surface area contributed by atoms with E-state index in [9.17, 15) is 14.7 Å². The Morgan fingerprint density at radius 1 is 1.50 bits per heavy atom. The molecule has 2 amide bonds. The second kappa shape index (κ2) is 3.84. The number of hydrogen-bond donors (Lipinski definition) is 2. The van der Waals surface area contributed by atoms with Crippen molar-refractivity contribution in [3.63, 3.8) is 0 Å². The molecule has 0 aliphatic carbocycles. The van der Waals surface area contributed by atoms with Gasteiger partial charge in [-0.2, -0.15) is 0 Å². The quantitative estimate of drug-likeness (QED) is 0.728. The summed E-state index contributed by atoms with van der Waals surface area (Å²) in [5.41, 5.74) is 6.15. The summed E-state index contributed by atoms with van der Waals surface area (Å²) in [7, 11) is 0. The van der Waals surface area contributed by atoms with Gasteiger partial charge >= 0.3 is 0 Å². The Morgan fingerprint density at radius 3 is 2.94 bits per heavy atom. The number of phenols is 1. The van der Waals surface area contributed by atoms with Gasteiger partial charge in [0.25, 0.3) is 5.91 Å². The second-order valence-electron chi connectivity index (χ2n) is 3.75. The molecule has 0 saturated carbocycles. The van der Waals surface area contributed by atoms with Gasteiger partial charge in [0, 0.05) is 17.7 Å². The van der Waals surface area contributed by atoms with Crippen LogP contribution in [0.1, 0.15) is 15.9 Å². The molecule has 1 heterocycles. The maximum absolute atomic E-state index is 11.9. The molecule has 0 bridgehead atoms. The minimum absolute atomic E-state index is 0.0755. The van der Waals surface area contributed by atoms with Crippen molar-refractivity contribution >= 4 is 11.8 Å². The number of hydrogen-bond acceptors (Lipinski definition) is 3. The number of nitrogens with zero attached hydrogens (tertiary/aromatic N) is 1. The molecule has 0 fully saturated rings. The van der Waals surface area contributed by atoms with Crippen molar-refractivity contribution < 1.29 is 14.7 Å². The monoisotopic (exact) mass is 220 g/mol. The number of amides is 2. The van der Waals surface area contributed by atoms with E-state index in [4.69, 9.17) is 5.73 Å². The predicted octanol–water partition coefficient (Wildman–Crippen LogP) is -0.124. The average Bonchev–Trinajstić information content (AvgIpc) is 2.23. The van der Waals surface area contributed by atoms with E-state index in [0.29, 0.717) is 24.1 Å². The predicted molar refractivity (Wildman–Crippen MR) is 56.9 cm³/mol. The Hall–Kier alpha value is -2.04. The Labute approximate surface area is 92.5 Å². The summed E-state index contributed by atoms with van der Waals surface area (Å²) < 4.78 is 0. The highest BCUT2D eigenvalue weighted by Gasteiger charge is 2.26. The molecule has 5 nitrogen and oxygen atoms in total. The SMILES string of the molecule is NC(=O)CN1CCc2c(O)cccc2C1=O. The van der Waals surface area contributed by atoms with Crippen LogP contribution in [0.4, 0.5) is 0 Å². The normalized spacial score (nSPS) is 14.8. The molecule has 0 atom stereocenters. The fraction of sp³-hybridized carbons (Fsp3) is 0.273. The topological polar surface area (TPSA) is 83.6 Å². The molecular formula is C11H12N2O3. The van der Waals surface area contributed by atoms with Crippen LogP contribution in [0.15, 0.2) is 18.2 Å². The number of aromatic hydroxyl groups is 1. The van der Waals surface area contributed by atoms with E-state index in [1.807, 2.05) is 0 Å². The molecule has 1 aromatic rings. The lowest BCUT2D eigenvalue weighted by Gasteiger charge is -2.27. The zero-order valence-electron chi connectivity index (χ0n) is 8.64. The van der Waals surface area contributed by atoms with Crippen molar-refractivity contribution in [3.05, 3.63) is 29.3 Å². The highest BCUT2D eigenvalue weighted by Crippen LogP contribution is 2.26. The number of rotatable bonds is 2. The molecule has 84 valence electrons. The van der Waals surface area contributed by atoms with Crippen molar-refractivity contribution in [2.45, 2.75) is 6.42 Å². The van der Waals surface area contributed by atoms with E-state index in [2.05, 4.69) is 0 Å². The molecule has 0 aromatic heterocycles. The van der Waals surface area contributed by atoms with Crippen molar-refractivity contribution in [1.29, 1.82) is 0 Å². The second-order valence-corrected chi connectivity index (χ2v) is 3.75. The highest BCUT2D eigenvalue weighted by molar-refractivity contribution is 5.99. The van der Waals surface area contributed by atoms with Gasteiger partial charge in [0.15, 0.2) is 0 Å². The summed E-state index contributed by atoms with van der Waals surface area (Å²) in [4.78, 5) is 24.1. The highest BCUT2D eigenvalue weighted by atomic mass is 16.3. The molecule has 1 aromatic carbocycles. The molecule has 2 rings (SSSR count). The van der Waals surface area contributed by atoms with Crippen LogP contribution >= 0.6 is 0 Å². The maximum Gasteiger partial charge on any atom is 0.254 e. The lowest BCUT2D eigenvalue weighted by atomic mass is 9.98. The van der Waals surface area contributed by atoms with Crippen LogP contribution in [-0.4, -0.2) is 34.9 Å². The number of fused-ring (bicyclic) bond motifs is 1. The standard InChI is InChI=1S/C11H12N2O3/c12-10(15)6-13-5-4-7-8(11(13)16)2-1-3-9(7)14/h1-3,14H,4-6H2,(H2,12,15). The number of carbonyl (C=O) groups excluding carboxylic acids is 2. The van der Waals surface area contributed by atoms with Gasteiger partial charge in [-0.05, 0) is 18.6 Å². The first-order valence-corrected chi connectivity index (χ1v) is 4.98. The first-order chi connectivity index (χ1) is 7.59. The maximum atomic E-state index is 11.9. The van der Waals surface area contributed by atoms with Crippen LogP contribution < -0.4 is 5.73 Å². The molecule has 1 aliphatic rings. The molecule has 0 saturated heterocycles. The van der Waals surface area contributed by atoms with E-state index in [1.165, 1.54) is 4.90 Å². The number of primary amides is 1. The van der Waals surface area contributed by atoms with Gasteiger partial charge in [0.2, 0.25) is 5.91 Å². The van der Waals surface area contributed by atoms with Gasteiger partial charge in [-0.15, -0.1) is 0 Å². The fourth-order valence-electron chi connectivity index (χ4n) is 1.90. The number of nitrogens with two attached hydrogens (primary N) is 1. The largest absolute Gasteiger partial charge is 0.508 e. The lowest BCUT2D eigenvalue weighted by molar-refractivity contribution is -0.118. The summed E-state index contributed by atoms with van der Waals surface area (Å²) in [6.07, 6.45) is 0.543. The van der Waals surface area contributed by atoms with Gasteiger partial charge in [-0.1, -0.05) is 6.07 Å². The molecule has 0 spiro atoms. The first-order valence-electron chi connectivity index (χ1n) is 4.98. The van der Waals surface area contributed by atoms with E-state index >= 15 is 0 Å². The minimum atomic E-state index is -0.531. The van der Waals surface area contributed by atoms with E-state index < -0.39 is 5.91 Å². The molecule has 5 heteroatoms. The van der Waals surface area contributed by atoms with E-state index in [1.54, 1.807) is 18.2 Å². The van der Waals surface area contributed by atoms with E-state index in [0.717, 1.165) is 0 Å². The van der Waals surface area contributed by atoms with Crippen LogP contribution in [0.3, 0.4) is 0 Å². The molecule has 16 heavy (non-hydrogen) atoms. The molecule has 0 unspecified atom stereocenters. The van der Waals surface area contributed by atoms with Crippen molar-refractivity contribution in [2.75, 3.05) is 13.1 Å². The van der Waals surface area contributed by atoms with Gasteiger partial charge in [0.05, 0.1) is 6.54 Å². The number of benzene rings is 1. The third kappa shape index (κ3) is 1.71. The van der Waals surface area contributed by atoms with E-state index in [-0.39, 0.29) is 18.2 Å². The number of phenolic OH excluding ortho intramolecular Hbond substituents is 1. The van der Waals surface area contributed by atoms with Crippen molar-refractivity contribution in [3.8, 4) is 5.75 Å². The van der Waals surface area contributed by atoms with Crippen LogP contribution in [0.5, 0.6) is 5.75 Å². The van der Waals surface area contributed by atoms with Gasteiger partial charge in [0.1, 0.15) is 5.75 Å². The van der Waals surface area contributed by atoms with Gasteiger partial charge in [-0.3, -0.25) is 9.59 Å². The van der Waals surface area contributed by atoms with Gasteiger partial charge in [-0.25, -0.2) is 0 Å². The van der Waals surface area contributed by atoms with Crippen LogP contribution in [-0.2, 0) is 11.2 Å². The zero-order valence-corrected chi connectivity index (χ0v) is 8.64. The molecule has 0 radical (unpaired) electrons. The molecule has 1 aliphatic heterocycles. The lowest BCUT2D eigenvalue weighted by Crippen LogP contribution is -2.42. The fourth-order valence-corrected chi connectivity index (χ4v) is 1.90. The zero-order chi connectivity index (χ0) is 11.7. The average molecular weight is 220 g/mol. The van der Waals surface area contributed by atoms with Gasteiger partial charge < -0.3 is 15.7 Å². The third-order valence-electron chi connectivity index (χ3n) is 2.65. The van der Waals surface area contributed by atoms with Crippen LogP contribution in [0.2, 0.25) is 0 Å². The third-order valence-corrected chi connectivity index (χ3v) is 2.65. The summed E-state index contributed by atoms with van der Waals surface area (Å²) >= 11 is 0. The Morgan fingerprint density at radius 2 is 2.25 bits per heavy atom. The Kier molecular flexibility index (Phi) is 2.52. The summed E-state index contributed by atoms with van der Waals surface area (Å²) in [5, 5.41) is 9.58.